The van der Waals surface area contributed by atoms with E-state index < -0.39 is 5.60 Å². The van der Waals surface area contributed by atoms with E-state index in [2.05, 4.69) is 4.98 Å². The number of aromatic nitrogens is 2. The van der Waals surface area contributed by atoms with Gasteiger partial charge in [0.25, 0.3) is 0 Å². The summed E-state index contributed by atoms with van der Waals surface area (Å²) in [4.78, 5) is 30.5. The van der Waals surface area contributed by atoms with Crippen molar-refractivity contribution in [2.24, 2.45) is 0 Å². The number of hydrogen-bond acceptors (Lipinski definition) is 5. The van der Waals surface area contributed by atoms with Crippen LogP contribution in [0.25, 0.3) is 26.4 Å². The number of hydrogen-bond donors (Lipinski definition) is 0. The molecule has 34 heavy (non-hydrogen) atoms. The van der Waals surface area contributed by atoms with E-state index in [-0.39, 0.29) is 17.8 Å². The van der Waals surface area contributed by atoms with Gasteiger partial charge in [-0.1, -0.05) is 17.4 Å². The van der Waals surface area contributed by atoms with Gasteiger partial charge in [-0.3, -0.25) is 9.20 Å². The molecule has 1 amide bonds. The lowest BCUT2D eigenvalue weighted by Crippen LogP contribution is -2.41. The highest BCUT2D eigenvalue weighted by Gasteiger charge is 2.28. The minimum absolute atomic E-state index is 0.198. The third-order valence-electron chi connectivity index (χ3n) is 6.14. The van der Waals surface area contributed by atoms with Crippen molar-refractivity contribution in [3.05, 3.63) is 59.5 Å². The molecule has 0 saturated carbocycles. The largest absolute Gasteiger partial charge is 0.444 e. The fraction of sp³-hybridized carbons (Fsp3) is 0.346. The quantitative estimate of drug-likeness (QED) is 0.324. The van der Waals surface area contributed by atoms with Crippen LogP contribution in [0.5, 0.6) is 0 Å². The second-order valence-electron chi connectivity index (χ2n) is 9.71. The Kier molecular flexibility index (Phi) is 5.64. The monoisotopic (exact) mass is 479 g/mol. The van der Waals surface area contributed by atoms with E-state index in [1.807, 2.05) is 49.6 Å². The van der Waals surface area contributed by atoms with Crippen molar-refractivity contribution < 1.29 is 18.7 Å². The van der Waals surface area contributed by atoms with Crippen LogP contribution in [0.3, 0.4) is 0 Å². The van der Waals surface area contributed by atoms with E-state index in [1.54, 1.807) is 23.1 Å². The second-order valence-corrected chi connectivity index (χ2v) is 10.7. The first-order chi connectivity index (χ1) is 16.2. The number of benzene rings is 2. The molecule has 0 spiro atoms. The maximum atomic E-state index is 15.2. The zero-order valence-electron chi connectivity index (χ0n) is 19.4. The van der Waals surface area contributed by atoms with Crippen molar-refractivity contribution in [3.8, 4) is 11.3 Å². The van der Waals surface area contributed by atoms with Gasteiger partial charge in [0.2, 0.25) is 0 Å². The van der Waals surface area contributed by atoms with Gasteiger partial charge in [-0.2, -0.15) is 0 Å². The van der Waals surface area contributed by atoms with Gasteiger partial charge in [0, 0.05) is 30.4 Å². The number of amides is 1. The van der Waals surface area contributed by atoms with E-state index in [0.29, 0.717) is 29.9 Å². The number of ether oxygens (including phenoxy) is 1. The van der Waals surface area contributed by atoms with Crippen LogP contribution < -0.4 is 0 Å². The summed E-state index contributed by atoms with van der Waals surface area (Å²) in [6, 6.07) is 10.9. The summed E-state index contributed by atoms with van der Waals surface area (Å²) in [5.74, 6) is -0.103. The van der Waals surface area contributed by atoms with Gasteiger partial charge < -0.3 is 9.64 Å². The Labute approximate surface area is 201 Å². The average Bonchev–Trinajstić information content (AvgIpc) is 3.35. The summed E-state index contributed by atoms with van der Waals surface area (Å²) < 4.78 is 23.5. The lowest BCUT2D eigenvalue weighted by molar-refractivity contribution is 0.0204. The molecule has 1 aliphatic rings. The smallest absolute Gasteiger partial charge is 0.410 e. The van der Waals surface area contributed by atoms with Crippen molar-refractivity contribution in [1.29, 1.82) is 0 Å². The van der Waals surface area contributed by atoms with Gasteiger partial charge in [-0.05, 0) is 75.4 Å². The van der Waals surface area contributed by atoms with Crippen LogP contribution in [-0.2, 0) is 4.74 Å². The van der Waals surface area contributed by atoms with E-state index in [4.69, 9.17) is 4.74 Å². The Balaban J connectivity index is 1.33. The molecule has 2 aromatic carbocycles. The van der Waals surface area contributed by atoms with Gasteiger partial charge in [-0.15, -0.1) is 0 Å². The zero-order valence-corrected chi connectivity index (χ0v) is 20.2. The fourth-order valence-electron chi connectivity index (χ4n) is 4.44. The summed E-state index contributed by atoms with van der Waals surface area (Å²) in [6.07, 6.45) is 3.92. The number of rotatable bonds is 3. The number of nitrogens with zero attached hydrogens (tertiary/aromatic N) is 3. The highest BCUT2D eigenvalue weighted by molar-refractivity contribution is 7.23. The molecule has 4 aromatic rings. The highest BCUT2D eigenvalue weighted by atomic mass is 32.1. The number of likely N-dealkylation sites (tertiary alicyclic amines) is 1. The first-order valence-corrected chi connectivity index (χ1v) is 12.2. The fourth-order valence-corrected chi connectivity index (χ4v) is 5.49. The molecule has 3 heterocycles. The molecule has 0 atom stereocenters. The maximum absolute atomic E-state index is 15.2. The number of halogens is 1. The Morgan fingerprint density at radius 3 is 2.62 bits per heavy atom. The van der Waals surface area contributed by atoms with Crippen molar-refractivity contribution in [2.75, 3.05) is 13.1 Å². The van der Waals surface area contributed by atoms with Gasteiger partial charge in [-0.25, -0.2) is 14.2 Å². The number of aldehydes is 1. The van der Waals surface area contributed by atoms with Crippen LogP contribution in [0.4, 0.5) is 9.18 Å². The topological polar surface area (TPSA) is 63.9 Å². The van der Waals surface area contributed by atoms with Crippen LogP contribution in [-0.4, -0.2) is 45.4 Å². The molecule has 176 valence electrons. The Bertz CT molecular complexity index is 1390. The number of carbonyl (C=O) groups is 2. The summed E-state index contributed by atoms with van der Waals surface area (Å²) in [7, 11) is 0. The predicted octanol–water partition coefficient (Wildman–Crippen LogP) is 6.28. The molecule has 0 unspecified atom stereocenters. The molecular weight excluding hydrogens is 453 g/mol. The zero-order chi connectivity index (χ0) is 24.0. The normalized spacial score (nSPS) is 15.2. The molecule has 5 rings (SSSR count). The molecule has 0 N–H and O–H groups in total. The van der Waals surface area contributed by atoms with Crippen LogP contribution >= 0.6 is 11.3 Å². The Morgan fingerprint density at radius 1 is 1.18 bits per heavy atom. The van der Waals surface area contributed by atoms with E-state index in [1.165, 1.54) is 11.3 Å². The molecule has 0 bridgehead atoms. The predicted molar refractivity (Wildman–Crippen MR) is 131 cm³/mol. The van der Waals surface area contributed by atoms with Gasteiger partial charge >= 0.3 is 6.09 Å². The minimum atomic E-state index is -0.515. The van der Waals surface area contributed by atoms with Gasteiger partial charge in [0.05, 0.1) is 15.9 Å². The van der Waals surface area contributed by atoms with Crippen molar-refractivity contribution in [1.82, 2.24) is 14.3 Å². The summed E-state index contributed by atoms with van der Waals surface area (Å²) in [6.45, 7) is 6.77. The standard InChI is InChI=1S/C26H26FN3O3S/c1-26(2,3)33-25(32)29-10-8-17(9-11-29)18-5-6-19(20(27)13-18)21-14-30-22-7-4-16(15-31)12-23(22)34-24(30)28-21/h4-7,12-15,17H,8-11H2,1-3H3. The minimum Gasteiger partial charge on any atom is -0.444 e. The second kappa shape index (κ2) is 8.51. The van der Waals surface area contributed by atoms with Crippen molar-refractivity contribution >= 4 is 38.9 Å². The summed E-state index contributed by atoms with van der Waals surface area (Å²) in [5, 5.41) is 0. The first-order valence-electron chi connectivity index (χ1n) is 11.4. The molecular formula is C26H26FN3O3S. The molecule has 0 radical (unpaired) electrons. The van der Waals surface area contributed by atoms with Crippen molar-refractivity contribution in [2.45, 2.75) is 45.1 Å². The molecule has 8 heteroatoms. The summed E-state index contributed by atoms with van der Waals surface area (Å²) in [5.41, 5.74) is 3.03. The molecule has 1 aliphatic heterocycles. The molecule has 6 nitrogen and oxygen atoms in total. The van der Waals surface area contributed by atoms with Crippen LogP contribution in [0.1, 0.15) is 55.5 Å². The van der Waals surface area contributed by atoms with E-state index in [0.717, 1.165) is 39.9 Å². The first kappa shape index (κ1) is 22.5. The van der Waals surface area contributed by atoms with Crippen LogP contribution in [0.15, 0.2) is 42.6 Å². The molecule has 1 saturated heterocycles. The number of thiazole rings is 1. The average molecular weight is 480 g/mol. The lowest BCUT2D eigenvalue weighted by Gasteiger charge is -2.33. The number of fused-ring (bicyclic) bond motifs is 3. The third kappa shape index (κ3) is 4.30. The Hall–Kier alpha value is -3.26. The van der Waals surface area contributed by atoms with Crippen LogP contribution in [0, 0.1) is 5.82 Å². The summed E-state index contributed by atoms with van der Waals surface area (Å²) >= 11 is 1.47. The highest BCUT2D eigenvalue weighted by Crippen LogP contribution is 2.34. The lowest BCUT2D eigenvalue weighted by atomic mass is 9.89. The third-order valence-corrected chi connectivity index (χ3v) is 7.16. The molecule has 2 aromatic heterocycles. The Morgan fingerprint density at radius 2 is 1.94 bits per heavy atom. The maximum Gasteiger partial charge on any atom is 0.410 e. The molecule has 0 aliphatic carbocycles. The van der Waals surface area contributed by atoms with E-state index in [9.17, 15) is 9.59 Å². The van der Waals surface area contributed by atoms with Gasteiger partial charge in [0.15, 0.2) is 4.96 Å². The van der Waals surface area contributed by atoms with Crippen molar-refractivity contribution in [3.63, 3.8) is 0 Å². The SMILES string of the molecule is CC(C)(C)OC(=O)N1CCC(c2ccc(-c3cn4c(n3)sc3cc(C=O)ccc34)c(F)c2)CC1. The van der Waals surface area contributed by atoms with Gasteiger partial charge in [0.1, 0.15) is 17.7 Å². The number of imidazole rings is 1. The van der Waals surface area contributed by atoms with Crippen LogP contribution in [0.2, 0.25) is 0 Å². The van der Waals surface area contributed by atoms with E-state index >= 15 is 4.39 Å². The number of piperidine rings is 1. The number of carbonyl (C=O) groups excluding carboxylic acids is 2. The molecule has 1 fully saturated rings.